The van der Waals surface area contributed by atoms with Gasteiger partial charge < -0.3 is 9.15 Å². The highest BCUT2D eigenvalue weighted by atomic mass is 35.5. The number of furan rings is 1. The van der Waals surface area contributed by atoms with Crippen LogP contribution in [0.1, 0.15) is 21.7 Å². The van der Waals surface area contributed by atoms with Crippen LogP contribution in [0.4, 0.5) is 0 Å². The quantitative estimate of drug-likeness (QED) is 0.469. The van der Waals surface area contributed by atoms with Crippen LogP contribution in [0.25, 0.3) is 11.3 Å². The van der Waals surface area contributed by atoms with Crippen LogP contribution in [-0.4, -0.2) is 5.97 Å². The molecule has 6 heteroatoms. The molecule has 0 amide bonds. The van der Waals surface area contributed by atoms with E-state index in [2.05, 4.69) is 0 Å². The summed E-state index contributed by atoms with van der Waals surface area (Å²) in [4.78, 5) is 12.1. The Morgan fingerprint density at radius 3 is 2.60 bits per heavy atom. The number of halogens is 3. The number of esters is 1. The molecule has 3 aromatic rings. The first-order valence-corrected chi connectivity index (χ1v) is 8.55. The molecule has 1 aromatic heterocycles. The molecule has 0 aliphatic heterocycles. The summed E-state index contributed by atoms with van der Waals surface area (Å²) in [6.07, 6.45) is 0. The summed E-state index contributed by atoms with van der Waals surface area (Å²) in [5, 5.41) is 1.21. The maximum atomic E-state index is 12.1. The first kappa shape index (κ1) is 17.9. The molecule has 0 aliphatic carbocycles. The summed E-state index contributed by atoms with van der Waals surface area (Å²) in [6, 6.07) is 13.9. The fourth-order valence-corrected chi connectivity index (χ4v) is 3.00. The predicted molar refractivity (Wildman–Crippen MR) is 99.5 cm³/mol. The van der Waals surface area contributed by atoms with Gasteiger partial charge in [-0.15, -0.1) is 0 Å². The van der Waals surface area contributed by atoms with Crippen LogP contribution in [0, 0.1) is 6.92 Å². The second kappa shape index (κ2) is 7.52. The lowest BCUT2D eigenvalue weighted by molar-refractivity contribution is 0.0446. The van der Waals surface area contributed by atoms with Crippen molar-refractivity contribution in [1.82, 2.24) is 0 Å². The van der Waals surface area contributed by atoms with E-state index >= 15 is 0 Å². The molecule has 0 bridgehead atoms. The second-order valence-corrected chi connectivity index (χ2v) is 6.62. The van der Waals surface area contributed by atoms with Crippen LogP contribution in [0.15, 0.2) is 52.9 Å². The zero-order chi connectivity index (χ0) is 18.0. The molecule has 128 valence electrons. The molecular weight excluding hydrogens is 383 g/mol. The Morgan fingerprint density at radius 2 is 1.84 bits per heavy atom. The van der Waals surface area contributed by atoms with E-state index in [1.807, 2.05) is 6.92 Å². The lowest BCUT2D eigenvalue weighted by Gasteiger charge is -2.06. The van der Waals surface area contributed by atoms with E-state index in [0.717, 1.165) is 5.56 Å². The standard InChI is InChI=1S/C19H13Cl3O3/c1-11-5-7-13(16(21)9-11)19(23)24-10-12-6-8-17(25-12)14-3-2-4-15(20)18(14)22/h2-9H,10H2,1H3. The van der Waals surface area contributed by atoms with Crippen molar-refractivity contribution in [1.29, 1.82) is 0 Å². The third-order valence-electron chi connectivity index (χ3n) is 3.57. The molecule has 0 spiro atoms. The zero-order valence-electron chi connectivity index (χ0n) is 13.2. The molecule has 1 heterocycles. The van der Waals surface area contributed by atoms with Crippen molar-refractivity contribution in [3.63, 3.8) is 0 Å². The van der Waals surface area contributed by atoms with Gasteiger partial charge in [0.05, 0.1) is 20.6 Å². The molecule has 0 atom stereocenters. The van der Waals surface area contributed by atoms with E-state index < -0.39 is 5.97 Å². The highest BCUT2D eigenvalue weighted by molar-refractivity contribution is 6.43. The average molecular weight is 396 g/mol. The van der Waals surface area contributed by atoms with Gasteiger partial charge in [0.15, 0.2) is 0 Å². The molecular formula is C19H13Cl3O3. The highest BCUT2D eigenvalue weighted by Crippen LogP contribution is 2.34. The Kier molecular flexibility index (Phi) is 5.38. The number of aryl methyl sites for hydroxylation is 1. The molecule has 0 N–H and O–H groups in total. The lowest BCUT2D eigenvalue weighted by Crippen LogP contribution is -2.05. The third-order valence-corrected chi connectivity index (χ3v) is 4.70. The van der Waals surface area contributed by atoms with Crippen LogP contribution in [-0.2, 0) is 11.3 Å². The van der Waals surface area contributed by atoms with Crippen molar-refractivity contribution in [3.8, 4) is 11.3 Å². The maximum Gasteiger partial charge on any atom is 0.340 e. The van der Waals surface area contributed by atoms with Gasteiger partial charge in [0.25, 0.3) is 0 Å². The summed E-state index contributed by atoms with van der Waals surface area (Å²) < 4.78 is 10.9. The maximum absolute atomic E-state index is 12.1. The largest absolute Gasteiger partial charge is 0.457 e. The lowest BCUT2D eigenvalue weighted by atomic mass is 10.1. The average Bonchev–Trinajstić information content (AvgIpc) is 3.04. The minimum atomic E-state index is -0.510. The van der Waals surface area contributed by atoms with Gasteiger partial charge in [-0.3, -0.25) is 0 Å². The van der Waals surface area contributed by atoms with Gasteiger partial charge in [-0.2, -0.15) is 0 Å². The highest BCUT2D eigenvalue weighted by Gasteiger charge is 2.14. The van der Waals surface area contributed by atoms with Crippen LogP contribution in [0.2, 0.25) is 15.1 Å². The van der Waals surface area contributed by atoms with Crippen molar-refractivity contribution in [2.24, 2.45) is 0 Å². The number of hydrogen-bond acceptors (Lipinski definition) is 3. The van der Waals surface area contributed by atoms with Gasteiger partial charge in [0, 0.05) is 5.56 Å². The molecule has 0 aliphatic rings. The third kappa shape index (κ3) is 4.01. The van der Waals surface area contributed by atoms with Gasteiger partial charge in [-0.1, -0.05) is 46.9 Å². The van der Waals surface area contributed by atoms with Gasteiger partial charge in [0.1, 0.15) is 18.1 Å². The van der Waals surface area contributed by atoms with Crippen molar-refractivity contribution in [2.75, 3.05) is 0 Å². The van der Waals surface area contributed by atoms with Gasteiger partial charge in [0.2, 0.25) is 0 Å². The molecule has 2 aromatic carbocycles. The SMILES string of the molecule is Cc1ccc(C(=O)OCc2ccc(-c3cccc(Cl)c3Cl)o2)c(Cl)c1. The Bertz CT molecular complexity index is 931. The number of ether oxygens (including phenoxy) is 1. The number of rotatable bonds is 4. The minimum Gasteiger partial charge on any atom is -0.457 e. The predicted octanol–water partition coefficient (Wildman–Crippen LogP) is 6.57. The zero-order valence-corrected chi connectivity index (χ0v) is 15.5. The van der Waals surface area contributed by atoms with Crippen LogP contribution in [0.3, 0.4) is 0 Å². The summed E-state index contributed by atoms with van der Waals surface area (Å²) in [5.74, 6) is 0.526. The van der Waals surface area contributed by atoms with Gasteiger partial charge in [-0.25, -0.2) is 4.79 Å². The number of hydrogen-bond donors (Lipinski definition) is 0. The fourth-order valence-electron chi connectivity index (χ4n) is 2.29. The minimum absolute atomic E-state index is 0.0127. The van der Waals surface area contributed by atoms with E-state index in [4.69, 9.17) is 44.0 Å². The van der Waals surface area contributed by atoms with E-state index in [1.165, 1.54) is 0 Å². The Labute approximate surface area is 160 Å². The molecule has 0 saturated heterocycles. The van der Waals surface area contributed by atoms with E-state index in [-0.39, 0.29) is 6.61 Å². The van der Waals surface area contributed by atoms with E-state index in [9.17, 15) is 4.79 Å². The summed E-state index contributed by atoms with van der Waals surface area (Å²) >= 11 is 18.3. The molecule has 0 unspecified atom stereocenters. The molecule has 3 rings (SSSR count). The van der Waals surface area contributed by atoms with Crippen LogP contribution >= 0.6 is 34.8 Å². The van der Waals surface area contributed by atoms with Crippen molar-refractivity contribution in [3.05, 3.63) is 80.5 Å². The smallest absolute Gasteiger partial charge is 0.340 e. The summed E-state index contributed by atoms with van der Waals surface area (Å²) in [5.41, 5.74) is 1.96. The molecule has 25 heavy (non-hydrogen) atoms. The Morgan fingerprint density at radius 1 is 1.04 bits per heavy atom. The van der Waals surface area contributed by atoms with Crippen LogP contribution in [0.5, 0.6) is 0 Å². The van der Waals surface area contributed by atoms with E-state index in [1.54, 1.807) is 48.5 Å². The number of benzene rings is 2. The normalized spacial score (nSPS) is 10.7. The Balaban J connectivity index is 1.71. The molecule has 0 fully saturated rings. The first-order chi connectivity index (χ1) is 12.0. The van der Waals surface area contributed by atoms with Crippen molar-refractivity contribution < 1.29 is 13.9 Å². The molecule has 0 saturated carbocycles. The monoisotopic (exact) mass is 394 g/mol. The van der Waals surface area contributed by atoms with Gasteiger partial charge >= 0.3 is 5.97 Å². The van der Waals surface area contributed by atoms with Gasteiger partial charge in [-0.05, 0) is 48.9 Å². The Hall–Kier alpha value is -1.94. The molecule has 3 nitrogen and oxygen atoms in total. The summed E-state index contributed by atoms with van der Waals surface area (Å²) in [7, 11) is 0. The second-order valence-electron chi connectivity index (χ2n) is 5.43. The number of carbonyl (C=O) groups is 1. The van der Waals surface area contributed by atoms with Crippen molar-refractivity contribution >= 4 is 40.8 Å². The summed E-state index contributed by atoms with van der Waals surface area (Å²) in [6.45, 7) is 1.88. The molecule has 0 radical (unpaired) electrons. The fraction of sp³-hybridized carbons (Fsp3) is 0.105. The van der Waals surface area contributed by atoms with Crippen molar-refractivity contribution in [2.45, 2.75) is 13.5 Å². The first-order valence-electron chi connectivity index (χ1n) is 7.42. The number of carbonyl (C=O) groups excluding carboxylic acids is 1. The topological polar surface area (TPSA) is 39.4 Å². The van der Waals surface area contributed by atoms with Crippen LogP contribution < -0.4 is 0 Å². The van der Waals surface area contributed by atoms with E-state index in [0.29, 0.717) is 37.7 Å².